The Morgan fingerprint density at radius 2 is 1.53 bits per heavy atom. The summed E-state index contributed by atoms with van der Waals surface area (Å²) in [4.78, 5) is 59.8. The van der Waals surface area contributed by atoms with Crippen LogP contribution in [0.5, 0.6) is 0 Å². The number of rotatable bonds is 2. The fourth-order valence-electron chi connectivity index (χ4n) is 7.18. The Bertz CT molecular complexity index is 1330. The van der Waals surface area contributed by atoms with Crippen LogP contribution in [0.15, 0.2) is 64.4 Å². The summed E-state index contributed by atoms with van der Waals surface area (Å²) in [6.45, 7) is 2.01. The number of benzene rings is 2. The second-order valence-electron chi connectivity index (χ2n) is 10.0. The zero-order valence-electron chi connectivity index (χ0n) is 19.5. The van der Waals surface area contributed by atoms with Gasteiger partial charge in [-0.3, -0.25) is 19.3 Å². The fraction of sp³-hybridized carbons (Fsp3) is 0.357. The van der Waals surface area contributed by atoms with E-state index < -0.39 is 0 Å². The second-order valence-corrected chi connectivity index (χ2v) is 12.4. The number of carbonyl (C=O) groups excluding carboxylic acids is 5. The molecule has 2 amide bonds. The maximum atomic E-state index is 13.7. The first-order valence-electron chi connectivity index (χ1n) is 12.0. The molecule has 2 bridgehead atoms. The number of hydrogen-bond acceptors (Lipinski definition) is 7. The van der Waals surface area contributed by atoms with E-state index in [1.165, 1.54) is 32.0 Å². The van der Waals surface area contributed by atoms with E-state index in [1.807, 2.05) is 49.0 Å². The van der Waals surface area contributed by atoms with Crippen molar-refractivity contribution in [2.45, 2.75) is 30.9 Å². The molecule has 2 aromatic carbocycles. The zero-order valence-corrected chi connectivity index (χ0v) is 21.1. The topological polar surface area (TPSA) is 88.6 Å². The summed E-state index contributed by atoms with van der Waals surface area (Å²) in [5, 5.41) is 0.514. The van der Waals surface area contributed by atoms with E-state index in [4.69, 9.17) is 9.59 Å². The van der Waals surface area contributed by atoms with Crippen molar-refractivity contribution in [1.82, 2.24) is 0 Å². The Kier molecular flexibility index (Phi) is 5.78. The molecular formula is C28H23NO5S2. The van der Waals surface area contributed by atoms with Gasteiger partial charge in [-0.2, -0.15) is 9.59 Å². The van der Waals surface area contributed by atoms with Gasteiger partial charge in [0.2, 0.25) is 11.8 Å². The number of carbonyl (C=O) groups is 3. The molecule has 3 fully saturated rings. The van der Waals surface area contributed by atoms with E-state index in [-0.39, 0.29) is 58.6 Å². The highest BCUT2D eigenvalue weighted by molar-refractivity contribution is 8.18. The Balaban J connectivity index is 0.000000765. The van der Waals surface area contributed by atoms with Crippen molar-refractivity contribution in [2.75, 3.05) is 4.90 Å². The molecule has 36 heavy (non-hydrogen) atoms. The van der Waals surface area contributed by atoms with Crippen LogP contribution in [-0.2, 0) is 24.0 Å². The van der Waals surface area contributed by atoms with Gasteiger partial charge < -0.3 is 0 Å². The number of fused-ring (bicyclic) bond motifs is 8. The van der Waals surface area contributed by atoms with Crippen LogP contribution in [0.1, 0.15) is 29.9 Å². The molecule has 2 aromatic rings. The number of imide groups is 1. The number of nitrogens with zero attached hydrogens (tertiary/aromatic N) is 1. The first kappa shape index (κ1) is 23.5. The molecule has 0 unspecified atom stereocenters. The van der Waals surface area contributed by atoms with Crippen LogP contribution >= 0.6 is 23.5 Å². The molecule has 182 valence electrons. The summed E-state index contributed by atoms with van der Waals surface area (Å²) < 4.78 is 0. The lowest BCUT2D eigenvalue weighted by Gasteiger charge is -2.44. The predicted octanol–water partition coefficient (Wildman–Crippen LogP) is 4.56. The average Bonchev–Trinajstić information content (AvgIpc) is 3.60. The molecule has 1 saturated heterocycles. The van der Waals surface area contributed by atoms with E-state index >= 15 is 0 Å². The van der Waals surface area contributed by atoms with Crippen molar-refractivity contribution in [3.63, 3.8) is 0 Å². The van der Waals surface area contributed by atoms with Crippen molar-refractivity contribution < 1.29 is 24.0 Å². The summed E-state index contributed by atoms with van der Waals surface area (Å²) >= 11 is 3.26. The van der Waals surface area contributed by atoms with Crippen LogP contribution in [0.3, 0.4) is 0 Å². The Labute approximate surface area is 216 Å². The third-order valence-electron chi connectivity index (χ3n) is 8.36. The van der Waals surface area contributed by atoms with Crippen LogP contribution in [-0.4, -0.2) is 28.3 Å². The molecule has 2 saturated carbocycles. The highest BCUT2D eigenvalue weighted by atomic mass is 32.2. The maximum Gasteiger partial charge on any atom is 0.373 e. The largest absolute Gasteiger partial charge is 0.373 e. The summed E-state index contributed by atoms with van der Waals surface area (Å²) in [5.41, 5.74) is 3.04. The highest BCUT2D eigenvalue weighted by Gasteiger charge is 2.69. The average molecular weight is 518 g/mol. The predicted molar refractivity (Wildman–Crippen MR) is 136 cm³/mol. The summed E-state index contributed by atoms with van der Waals surface area (Å²) in [7, 11) is 0. The van der Waals surface area contributed by atoms with Crippen molar-refractivity contribution >= 4 is 52.3 Å². The molecule has 2 aliphatic carbocycles. The monoisotopic (exact) mass is 517 g/mol. The number of thioether (sulfide) groups is 2. The minimum Gasteiger partial charge on any atom is -0.286 e. The van der Waals surface area contributed by atoms with E-state index in [0.29, 0.717) is 17.4 Å². The molecule has 6 nitrogen and oxygen atoms in total. The molecule has 0 N–H and O–H groups in total. The number of hydrogen-bond donors (Lipinski definition) is 0. The van der Waals surface area contributed by atoms with Gasteiger partial charge in [0.25, 0.3) is 0 Å². The number of amides is 2. The Morgan fingerprint density at radius 1 is 0.889 bits per heavy atom. The lowest BCUT2D eigenvalue weighted by molar-refractivity contribution is -0.191. The standard InChI is InChI=1S/C27H23NO3S2.CO2/c1-13-7-9-15(10-8-13)28-26(30)22-16-11-17(23(22)27(28)31)24-21(16)20(14-5-3-2-4-6-14)25-18(32-24)12-19(29)33-25;2-1-3/h2-10,16-17,20-24H,11-12H2,1H3;/t16-,17-,20-,21-,22+,23-,24-;/m1./s1. The molecule has 3 heterocycles. The van der Waals surface area contributed by atoms with Crippen molar-refractivity contribution in [1.29, 1.82) is 0 Å². The quantitative estimate of drug-likeness (QED) is 0.540. The Morgan fingerprint density at radius 3 is 2.19 bits per heavy atom. The van der Waals surface area contributed by atoms with Crippen LogP contribution in [0.2, 0.25) is 0 Å². The van der Waals surface area contributed by atoms with E-state index in [0.717, 1.165) is 12.0 Å². The third kappa shape index (κ3) is 3.39. The first-order valence-corrected chi connectivity index (χ1v) is 13.7. The summed E-state index contributed by atoms with van der Waals surface area (Å²) in [5.74, 6) is 0.316. The first-order chi connectivity index (χ1) is 17.4. The molecule has 3 aliphatic heterocycles. The van der Waals surface area contributed by atoms with E-state index in [9.17, 15) is 14.4 Å². The van der Waals surface area contributed by atoms with Gasteiger partial charge in [0.15, 0.2) is 5.12 Å². The van der Waals surface area contributed by atoms with Gasteiger partial charge in [-0.05, 0) is 48.8 Å². The van der Waals surface area contributed by atoms with Crippen molar-refractivity contribution in [3.05, 3.63) is 75.5 Å². The smallest absolute Gasteiger partial charge is 0.286 e. The molecule has 7 rings (SSSR count). The SMILES string of the molecule is Cc1ccc(N2C(=O)[C@@H]3[C@H]4C[C@@H]([C@@H]3C2=O)[C@H]2[C@@H]4SC3=C(SC(=O)C3)[C@@H]2c2ccccc2)cc1.O=C=O. The minimum atomic E-state index is -0.235. The van der Waals surface area contributed by atoms with Gasteiger partial charge in [-0.1, -0.05) is 59.8 Å². The normalized spacial score (nSPS) is 33.6. The highest BCUT2D eigenvalue weighted by Crippen LogP contribution is 2.70. The molecule has 0 spiro atoms. The van der Waals surface area contributed by atoms with Crippen molar-refractivity contribution in [2.24, 2.45) is 29.6 Å². The molecule has 5 aliphatic rings. The summed E-state index contributed by atoms with van der Waals surface area (Å²) in [6.07, 6.45) is 1.70. The number of anilines is 1. The second kappa shape index (κ2) is 8.87. The molecule has 0 radical (unpaired) electrons. The van der Waals surface area contributed by atoms with Crippen LogP contribution in [0.25, 0.3) is 0 Å². The van der Waals surface area contributed by atoms with Gasteiger partial charge in [-0.15, -0.1) is 11.8 Å². The van der Waals surface area contributed by atoms with Gasteiger partial charge in [0.1, 0.15) is 0 Å². The van der Waals surface area contributed by atoms with E-state index in [1.54, 1.807) is 0 Å². The third-order valence-corrected chi connectivity index (χ3v) is 11.2. The minimum absolute atomic E-state index is 0.0201. The summed E-state index contributed by atoms with van der Waals surface area (Å²) in [6, 6.07) is 18.2. The van der Waals surface area contributed by atoms with Crippen molar-refractivity contribution in [3.8, 4) is 0 Å². The van der Waals surface area contributed by atoms with E-state index in [2.05, 4.69) is 24.3 Å². The van der Waals surface area contributed by atoms with Gasteiger partial charge in [-0.25, -0.2) is 0 Å². The Hall–Kier alpha value is -2.93. The maximum absolute atomic E-state index is 13.7. The number of allylic oxidation sites excluding steroid dienone is 2. The fourth-order valence-corrected chi connectivity index (χ4v) is 10.4. The molecular weight excluding hydrogens is 494 g/mol. The lowest BCUT2D eigenvalue weighted by Crippen LogP contribution is -2.42. The molecule has 7 atom stereocenters. The molecule has 8 heteroatoms. The van der Waals surface area contributed by atoms with Crippen LogP contribution < -0.4 is 4.90 Å². The van der Waals surface area contributed by atoms with Crippen LogP contribution in [0, 0.1) is 36.5 Å². The van der Waals surface area contributed by atoms with Crippen LogP contribution in [0.4, 0.5) is 5.69 Å². The lowest BCUT2D eigenvalue weighted by atomic mass is 9.68. The van der Waals surface area contributed by atoms with Gasteiger partial charge >= 0.3 is 6.15 Å². The zero-order chi connectivity index (χ0) is 25.1. The van der Waals surface area contributed by atoms with Gasteiger partial charge in [0.05, 0.1) is 17.5 Å². The molecule has 0 aromatic heterocycles. The number of aryl methyl sites for hydroxylation is 1. The van der Waals surface area contributed by atoms with Gasteiger partial charge in [0, 0.05) is 27.4 Å².